The number of hydrogen-bond acceptors (Lipinski definition) is 7. The molecule has 1 heterocycles. The van der Waals surface area contributed by atoms with E-state index < -0.39 is 25.6 Å². The summed E-state index contributed by atoms with van der Waals surface area (Å²) in [5, 5.41) is 11.1. The molecular weight excluding hydrogens is 392 g/mol. The van der Waals surface area contributed by atoms with Crippen molar-refractivity contribution in [3.8, 4) is 5.75 Å². The summed E-state index contributed by atoms with van der Waals surface area (Å²) in [6, 6.07) is 11.5. The second-order valence-electron chi connectivity index (χ2n) is 5.66. The third-order valence-corrected chi connectivity index (χ3v) is 5.71. The molecular formula is C17H16N2O6S2. The number of thiocarbonyl (C=S) groups is 1. The smallest absolute Gasteiger partial charge is 0.346 e. The summed E-state index contributed by atoms with van der Waals surface area (Å²) in [5.74, 6) is 0.0205. The van der Waals surface area contributed by atoms with Crippen molar-refractivity contribution in [2.75, 3.05) is 26.3 Å². The number of rotatable bonds is 5. The van der Waals surface area contributed by atoms with Gasteiger partial charge in [-0.25, -0.2) is 0 Å². The average Bonchev–Trinajstić information content (AvgIpc) is 2.68. The van der Waals surface area contributed by atoms with Crippen LogP contribution in [0.5, 0.6) is 5.75 Å². The summed E-state index contributed by atoms with van der Waals surface area (Å²) in [6.45, 7) is 2.23. The lowest BCUT2D eigenvalue weighted by Crippen LogP contribution is -2.40. The highest BCUT2D eigenvalue weighted by molar-refractivity contribution is 7.87. The van der Waals surface area contributed by atoms with Crippen molar-refractivity contribution in [2.24, 2.45) is 0 Å². The van der Waals surface area contributed by atoms with Gasteiger partial charge in [0.1, 0.15) is 4.99 Å². The van der Waals surface area contributed by atoms with Crippen LogP contribution >= 0.6 is 12.2 Å². The minimum Gasteiger partial charge on any atom is -0.378 e. The van der Waals surface area contributed by atoms with Gasteiger partial charge in [0.05, 0.1) is 23.7 Å². The number of nitro groups is 1. The number of nitro benzene ring substituents is 1. The van der Waals surface area contributed by atoms with Gasteiger partial charge in [-0.1, -0.05) is 36.5 Å². The molecule has 0 amide bonds. The van der Waals surface area contributed by atoms with E-state index in [9.17, 15) is 18.5 Å². The van der Waals surface area contributed by atoms with Crippen molar-refractivity contribution in [2.45, 2.75) is 4.90 Å². The first kappa shape index (κ1) is 19.2. The highest BCUT2D eigenvalue weighted by Crippen LogP contribution is 2.29. The molecule has 0 spiro atoms. The number of hydrogen-bond donors (Lipinski definition) is 0. The summed E-state index contributed by atoms with van der Waals surface area (Å²) >= 11 is 5.49. The highest BCUT2D eigenvalue weighted by Gasteiger charge is 2.29. The third-order valence-electron chi connectivity index (χ3n) is 3.95. The fourth-order valence-electron chi connectivity index (χ4n) is 2.64. The summed E-state index contributed by atoms with van der Waals surface area (Å²) < 4.78 is 35.9. The summed E-state index contributed by atoms with van der Waals surface area (Å²) in [5.41, 5.74) is -0.123. The maximum Gasteiger partial charge on any atom is 0.346 e. The van der Waals surface area contributed by atoms with Gasteiger partial charge in [-0.3, -0.25) is 10.1 Å². The Bertz CT molecular complexity index is 971. The molecule has 1 fully saturated rings. The fourth-order valence-corrected chi connectivity index (χ4v) is 4.10. The monoisotopic (exact) mass is 408 g/mol. The molecule has 0 aromatic heterocycles. The van der Waals surface area contributed by atoms with E-state index in [0.29, 0.717) is 36.9 Å². The first-order chi connectivity index (χ1) is 12.9. The number of para-hydroxylation sites is 2. The lowest BCUT2D eigenvalue weighted by molar-refractivity contribution is -0.387. The third kappa shape index (κ3) is 4.24. The number of benzene rings is 2. The maximum absolute atomic E-state index is 12.7. The molecule has 0 aliphatic carbocycles. The van der Waals surface area contributed by atoms with Crippen molar-refractivity contribution >= 4 is 33.0 Å². The molecule has 0 bridgehead atoms. The Kier molecular flexibility index (Phi) is 5.68. The Morgan fingerprint density at radius 1 is 1.11 bits per heavy atom. The SMILES string of the molecule is O=[N+]([O-])c1ccccc1S(=O)(=O)Oc1ccccc1C(=S)N1CCOCC1. The molecule has 27 heavy (non-hydrogen) atoms. The van der Waals surface area contributed by atoms with Crippen molar-refractivity contribution in [1.82, 2.24) is 4.90 Å². The normalized spacial score (nSPS) is 14.6. The van der Waals surface area contributed by atoms with Gasteiger partial charge in [0, 0.05) is 19.2 Å². The van der Waals surface area contributed by atoms with Gasteiger partial charge < -0.3 is 13.8 Å². The second kappa shape index (κ2) is 7.99. The molecule has 10 heteroatoms. The van der Waals surface area contributed by atoms with Crippen molar-refractivity contribution in [1.29, 1.82) is 0 Å². The molecule has 1 aliphatic rings. The summed E-state index contributed by atoms with van der Waals surface area (Å²) in [6.07, 6.45) is 0. The zero-order chi connectivity index (χ0) is 19.4. The maximum atomic E-state index is 12.7. The minimum atomic E-state index is -4.42. The Labute approximate surface area is 161 Å². The van der Waals surface area contributed by atoms with E-state index in [0.717, 1.165) is 12.1 Å². The van der Waals surface area contributed by atoms with Gasteiger partial charge in [-0.15, -0.1) is 0 Å². The molecule has 8 nitrogen and oxygen atoms in total. The largest absolute Gasteiger partial charge is 0.378 e. The van der Waals surface area contributed by atoms with Crippen LogP contribution < -0.4 is 4.18 Å². The van der Waals surface area contributed by atoms with Crippen LogP contribution in [0.4, 0.5) is 5.69 Å². The van der Waals surface area contributed by atoms with Crippen molar-refractivity contribution < 1.29 is 22.3 Å². The molecule has 0 atom stereocenters. The van der Waals surface area contributed by atoms with Crippen molar-refractivity contribution in [3.05, 3.63) is 64.2 Å². The van der Waals surface area contributed by atoms with E-state index in [1.165, 1.54) is 18.2 Å². The van der Waals surface area contributed by atoms with Crippen LogP contribution in [0.2, 0.25) is 0 Å². The van der Waals surface area contributed by atoms with E-state index in [1.807, 2.05) is 4.90 Å². The minimum absolute atomic E-state index is 0.0205. The first-order valence-electron chi connectivity index (χ1n) is 8.04. The van der Waals surface area contributed by atoms with E-state index in [-0.39, 0.29) is 5.75 Å². The zero-order valence-corrected chi connectivity index (χ0v) is 15.7. The van der Waals surface area contributed by atoms with Gasteiger partial charge in [0.15, 0.2) is 10.6 Å². The van der Waals surface area contributed by atoms with Crippen LogP contribution in [0.3, 0.4) is 0 Å². The Hall–Kier alpha value is -2.56. The fraction of sp³-hybridized carbons (Fsp3) is 0.235. The van der Waals surface area contributed by atoms with E-state index in [1.54, 1.807) is 18.2 Å². The number of nitrogens with zero attached hydrogens (tertiary/aromatic N) is 2. The van der Waals surface area contributed by atoms with E-state index >= 15 is 0 Å². The lowest BCUT2D eigenvalue weighted by atomic mass is 10.2. The predicted molar refractivity (Wildman–Crippen MR) is 101 cm³/mol. The lowest BCUT2D eigenvalue weighted by Gasteiger charge is -2.29. The summed E-state index contributed by atoms with van der Waals surface area (Å²) in [4.78, 5) is 12.2. The highest BCUT2D eigenvalue weighted by atomic mass is 32.2. The van der Waals surface area contributed by atoms with Crippen molar-refractivity contribution in [3.63, 3.8) is 0 Å². The number of morpholine rings is 1. The second-order valence-corrected chi connectivity index (χ2v) is 7.56. The zero-order valence-electron chi connectivity index (χ0n) is 14.1. The van der Waals surface area contributed by atoms with Gasteiger partial charge in [-0.05, 0) is 18.2 Å². The van der Waals surface area contributed by atoms with Crippen LogP contribution in [0.25, 0.3) is 0 Å². The van der Waals surface area contributed by atoms with Gasteiger partial charge in [-0.2, -0.15) is 8.42 Å². The number of ether oxygens (including phenoxy) is 1. The quantitative estimate of drug-likeness (QED) is 0.322. The molecule has 0 radical (unpaired) electrons. The van der Waals surface area contributed by atoms with Crippen LogP contribution in [-0.4, -0.2) is 49.5 Å². The molecule has 2 aromatic carbocycles. The molecule has 1 aliphatic heterocycles. The molecule has 0 unspecified atom stereocenters. The predicted octanol–water partition coefficient (Wildman–Crippen LogP) is 2.37. The first-order valence-corrected chi connectivity index (χ1v) is 9.86. The van der Waals surface area contributed by atoms with Gasteiger partial charge in [0.2, 0.25) is 0 Å². The van der Waals surface area contributed by atoms with Gasteiger partial charge >= 0.3 is 10.1 Å². The average molecular weight is 408 g/mol. The van der Waals surface area contributed by atoms with Crippen LogP contribution in [0.1, 0.15) is 5.56 Å². The van der Waals surface area contributed by atoms with E-state index in [4.69, 9.17) is 21.1 Å². The van der Waals surface area contributed by atoms with E-state index in [2.05, 4.69) is 0 Å². The van der Waals surface area contributed by atoms with Crippen LogP contribution in [0, 0.1) is 10.1 Å². The standard InChI is InChI=1S/C17H16N2O6S2/c20-19(21)14-6-2-4-8-16(14)27(22,23)25-15-7-3-1-5-13(15)17(26)18-9-11-24-12-10-18/h1-8H,9-12H2. The topological polar surface area (TPSA) is 99.0 Å². The van der Waals surface area contributed by atoms with Crippen LogP contribution in [-0.2, 0) is 14.9 Å². The molecule has 3 rings (SSSR count). The Morgan fingerprint density at radius 3 is 2.44 bits per heavy atom. The molecule has 0 N–H and O–H groups in total. The van der Waals surface area contributed by atoms with Crippen LogP contribution in [0.15, 0.2) is 53.4 Å². The molecule has 2 aromatic rings. The Balaban J connectivity index is 1.94. The summed E-state index contributed by atoms with van der Waals surface area (Å²) in [7, 11) is -4.42. The van der Waals surface area contributed by atoms with Gasteiger partial charge in [0.25, 0.3) is 5.69 Å². The molecule has 0 saturated carbocycles. The molecule has 1 saturated heterocycles. The molecule has 142 valence electrons. The Morgan fingerprint density at radius 2 is 1.74 bits per heavy atom.